The Morgan fingerprint density at radius 1 is 1.06 bits per heavy atom. The number of nitrogens with two attached hydrogens (primary N) is 1. The summed E-state index contributed by atoms with van der Waals surface area (Å²) in [4.78, 5) is 67.0. The van der Waals surface area contributed by atoms with E-state index in [2.05, 4.69) is 25.9 Å². The van der Waals surface area contributed by atoms with E-state index in [9.17, 15) is 29.1 Å². The van der Waals surface area contributed by atoms with Gasteiger partial charge in [0.1, 0.15) is 24.2 Å². The molecule has 1 heterocycles. The molecule has 0 aliphatic carbocycles. The molecule has 0 aromatic carbocycles. The molecule has 9 N–H and O–H groups in total. The fourth-order valence-corrected chi connectivity index (χ4v) is 2.93. The molecular formula is C20H32N6O8. The fraction of sp³-hybridized carbons (Fsp3) is 0.600. The molecule has 0 aliphatic heterocycles. The summed E-state index contributed by atoms with van der Waals surface area (Å²) in [5.41, 5.74) is 5.98. The van der Waals surface area contributed by atoms with E-state index in [1.54, 1.807) is 13.8 Å². The van der Waals surface area contributed by atoms with Gasteiger partial charge in [0, 0.05) is 24.7 Å². The maximum atomic E-state index is 13.0. The number of aliphatic carboxylic acids is 2. The zero-order chi connectivity index (χ0) is 25.8. The molecule has 1 rings (SSSR count). The van der Waals surface area contributed by atoms with Gasteiger partial charge in [0.15, 0.2) is 0 Å². The van der Waals surface area contributed by atoms with Crippen molar-refractivity contribution < 1.29 is 39.3 Å². The smallest absolute Gasteiger partial charge is 0.326 e. The number of H-pyrrole nitrogens is 1. The maximum Gasteiger partial charge on any atom is 0.326 e. The zero-order valence-electron chi connectivity index (χ0n) is 19.0. The number of carboxylic acid groups (broad SMARTS) is 2. The lowest BCUT2D eigenvalue weighted by Crippen LogP contribution is -2.59. The predicted octanol–water partition coefficient (Wildman–Crippen LogP) is -2.28. The summed E-state index contributed by atoms with van der Waals surface area (Å²) >= 11 is 0. The fourth-order valence-electron chi connectivity index (χ4n) is 2.93. The topological polar surface area (TPSA) is 237 Å². The lowest BCUT2D eigenvalue weighted by atomic mass is 9.97. The zero-order valence-corrected chi connectivity index (χ0v) is 19.0. The Morgan fingerprint density at radius 3 is 2.21 bits per heavy atom. The Labute approximate surface area is 195 Å². The highest BCUT2D eigenvalue weighted by Crippen LogP contribution is 2.10. The van der Waals surface area contributed by atoms with Crippen molar-refractivity contribution in [1.29, 1.82) is 0 Å². The molecule has 0 saturated carbocycles. The number of hydrogen-bond acceptors (Lipinski definition) is 8. The molecule has 5 atom stereocenters. The van der Waals surface area contributed by atoms with Crippen LogP contribution in [0.5, 0.6) is 0 Å². The summed E-state index contributed by atoms with van der Waals surface area (Å²) in [6.07, 6.45) is 2.34. The molecule has 0 saturated heterocycles. The van der Waals surface area contributed by atoms with E-state index >= 15 is 0 Å². The summed E-state index contributed by atoms with van der Waals surface area (Å²) in [6.45, 7) is 2.86. The minimum absolute atomic E-state index is 0.0832. The number of nitrogens with zero attached hydrogens (tertiary/aromatic N) is 1. The first kappa shape index (κ1) is 28.5. The highest BCUT2D eigenvalue weighted by atomic mass is 16.4. The quantitative estimate of drug-likeness (QED) is 0.133. The van der Waals surface area contributed by atoms with Crippen LogP contribution in [0.15, 0.2) is 12.5 Å². The van der Waals surface area contributed by atoms with Crippen molar-refractivity contribution in [2.24, 2.45) is 11.7 Å². The van der Waals surface area contributed by atoms with Crippen LogP contribution >= 0.6 is 0 Å². The van der Waals surface area contributed by atoms with Gasteiger partial charge < -0.3 is 42.0 Å². The first-order valence-corrected chi connectivity index (χ1v) is 10.7. The number of carbonyl (C=O) groups is 5. The normalized spacial score (nSPS) is 15.3. The summed E-state index contributed by atoms with van der Waals surface area (Å²) in [5.74, 6) is -5.35. The number of aliphatic hydroxyl groups excluding tert-OH is 1. The molecule has 34 heavy (non-hydrogen) atoms. The number of aromatic amines is 1. The summed E-state index contributed by atoms with van der Waals surface area (Å²) in [6, 6.07) is -5.09. The molecule has 0 aliphatic rings. The Hall–Kier alpha value is -3.52. The van der Waals surface area contributed by atoms with Crippen LogP contribution in [0, 0.1) is 5.92 Å². The van der Waals surface area contributed by atoms with E-state index in [0.29, 0.717) is 12.1 Å². The van der Waals surface area contributed by atoms with Crippen LogP contribution < -0.4 is 21.7 Å². The maximum absolute atomic E-state index is 13.0. The van der Waals surface area contributed by atoms with E-state index in [4.69, 9.17) is 15.9 Å². The molecule has 1 aromatic rings. The lowest BCUT2D eigenvalue weighted by Gasteiger charge is -2.27. The van der Waals surface area contributed by atoms with Gasteiger partial charge in [-0.1, -0.05) is 20.3 Å². The molecule has 190 valence electrons. The second-order valence-corrected chi connectivity index (χ2v) is 7.83. The van der Waals surface area contributed by atoms with Crippen molar-refractivity contribution in [3.63, 3.8) is 0 Å². The Morgan fingerprint density at radius 2 is 1.71 bits per heavy atom. The minimum atomic E-state index is -1.49. The third-order valence-corrected chi connectivity index (χ3v) is 5.20. The largest absolute Gasteiger partial charge is 0.481 e. The number of carboxylic acids is 2. The SMILES string of the molecule is CCC(C)C(NC(=O)C(N)CO)C(=O)NC(Cc1cnc[nH]1)C(=O)NC(CCC(=O)O)C(=O)O. The van der Waals surface area contributed by atoms with E-state index < -0.39 is 66.9 Å². The third kappa shape index (κ3) is 9.15. The average molecular weight is 485 g/mol. The molecule has 0 bridgehead atoms. The van der Waals surface area contributed by atoms with E-state index in [0.717, 1.165) is 0 Å². The van der Waals surface area contributed by atoms with Gasteiger partial charge in [0.2, 0.25) is 17.7 Å². The number of rotatable bonds is 15. The Balaban J connectivity index is 3.08. The van der Waals surface area contributed by atoms with Crippen LogP contribution in [0.25, 0.3) is 0 Å². The van der Waals surface area contributed by atoms with E-state index in [1.807, 2.05) is 0 Å². The van der Waals surface area contributed by atoms with Gasteiger partial charge in [-0.3, -0.25) is 19.2 Å². The molecule has 1 aromatic heterocycles. The second kappa shape index (κ2) is 13.9. The monoisotopic (exact) mass is 484 g/mol. The van der Waals surface area contributed by atoms with E-state index in [-0.39, 0.29) is 18.8 Å². The van der Waals surface area contributed by atoms with Crippen molar-refractivity contribution in [2.45, 2.75) is 63.7 Å². The van der Waals surface area contributed by atoms with Gasteiger partial charge in [-0.2, -0.15) is 0 Å². The summed E-state index contributed by atoms with van der Waals surface area (Å²) in [7, 11) is 0. The van der Waals surface area contributed by atoms with Gasteiger partial charge in [-0.25, -0.2) is 9.78 Å². The number of carbonyl (C=O) groups excluding carboxylic acids is 3. The van der Waals surface area contributed by atoms with Gasteiger partial charge in [-0.15, -0.1) is 0 Å². The van der Waals surface area contributed by atoms with Crippen LogP contribution in [0.1, 0.15) is 38.8 Å². The Bertz CT molecular complexity index is 846. The third-order valence-electron chi connectivity index (χ3n) is 5.20. The molecule has 5 unspecified atom stereocenters. The second-order valence-electron chi connectivity index (χ2n) is 7.83. The van der Waals surface area contributed by atoms with Crippen molar-refractivity contribution in [3.8, 4) is 0 Å². The first-order chi connectivity index (χ1) is 16.0. The van der Waals surface area contributed by atoms with Crippen LogP contribution in [-0.4, -0.2) is 85.7 Å². The van der Waals surface area contributed by atoms with E-state index in [1.165, 1.54) is 12.5 Å². The number of imidazole rings is 1. The minimum Gasteiger partial charge on any atom is -0.481 e. The number of aromatic nitrogens is 2. The molecular weight excluding hydrogens is 452 g/mol. The standard InChI is InChI=1S/C20H32N6O8/c1-3-10(2)16(26-17(30)12(21)8-27)19(32)25-14(6-11-7-22-9-23-11)18(31)24-13(20(33)34)4-5-15(28)29/h7,9-10,12-14,16,27H,3-6,8,21H2,1-2H3,(H,22,23)(H,24,31)(H,25,32)(H,26,30)(H,28,29)(H,33,34). The van der Waals surface area contributed by atoms with Crippen LogP contribution in [0.3, 0.4) is 0 Å². The summed E-state index contributed by atoms with van der Waals surface area (Å²) in [5, 5.41) is 34.5. The first-order valence-electron chi connectivity index (χ1n) is 10.7. The molecule has 0 radical (unpaired) electrons. The van der Waals surface area contributed by atoms with Crippen molar-refractivity contribution >= 4 is 29.7 Å². The molecule has 0 spiro atoms. The number of aliphatic hydroxyl groups is 1. The highest BCUT2D eigenvalue weighted by Gasteiger charge is 2.32. The summed E-state index contributed by atoms with van der Waals surface area (Å²) < 4.78 is 0. The number of hydrogen-bond donors (Lipinski definition) is 8. The molecule has 3 amide bonds. The molecule has 14 heteroatoms. The van der Waals surface area contributed by atoms with Gasteiger partial charge in [0.05, 0.1) is 12.9 Å². The highest BCUT2D eigenvalue weighted by molar-refractivity contribution is 5.94. The van der Waals surface area contributed by atoms with Crippen LogP contribution in [0.4, 0.5) is 0 Å². The van der Waals surface area contributed by atoms with Crippen molar-refractivity contribution in [3.05, 3.63) is 18.2 Å². The Kier molecular flexibility index (Phi) is 11.7. The van der Waals surface area contributed by atoms with Crippen molar-refractivity contribution in [2.75, 3.05) is 6.61 Å². The van der Waals surface area contributed by atoms with Crippen LogP contribution in [-0.2, 0) is 30.4 Å². The van der Waals surface area contributed by atoms with Gasteiger partial charge in [-0.05, 0) is 12.3 Å². The lowest BCUT2D eigenvalue weighted by molar-refractivity contribution is -0.143. The predicted molar refractivity (Wildman–Crippen MR) is 117 cm³/mol. The van der Waals surface area contributed by atoms with Crippen molar-refractivity contribution in [1.82, 2.24) is 25.9 Å². The van der Waals surface area contributed by atoms with Crippen LogP contribution in [0.2, 0.25) is 0 Å². The number of nitrogens with one attached hydrogen (secondary N) is 4. The number of amides is 3. The van der Waals surface area contributed by atoms with Gasteiger partial charge >= 0.3 is 11.9 Å². The molecule has 0 fully saturated rings. The average Bonchev–Trinajstić information content (AvgIpc) is 3.30. The molecule has 14 nitrogen and oxygen atoms in total. The van der Waals surface area contributed by atoms with Gasteiger partial charge in [0.25, 0.3) is 0 Å².